The summed E-state index contributed by atoms with van der Waals surface area (Å²) in [6, 6.07) is 11.9. The van der Waals surface area contributed by atoms with Crippen molar-refractivity contribution in [2.24, 2.45) is 0 Å². The van der Waals surface area contributed by atoms with E-state index in [9.17, 15) is 17.6 Å². The number of benzene rings is 2. The van der Waals surface area contributed by atoms with Crippen LogP contribution in [0.3, 0.4) is 0 Å². The number of carbonyl (C=O) groups is 1. The van der Waals surface area contributed by atoms with Crippen LogP contribution >= 0.6 is 11.3 Å². The molecule has 10 heteroatoms. The van der Waals surface area contributed by atoms with Crippen molar-refractivity contribution in [2.45, 2.75) is 50.0 Å². The number of anilines is 1. The quantitative estimate of drug-likeness (QED) is 0.559. The molecule has 1 unspecified atom stereocenters. The van der Waals surface area contributed by atoms with Crippen molar-refractivity contribution in [3.63, 3.8) is 0 Å². The molecular formula is C23H25FN4O3S2. The Balaban J connectivity index is 1.53. The second-order valence-corrected chi connectivity index (χ2v) is 11.9. The molecule has 3 aromatic rings. The normalized spacial score (nSPS) is 17.3. The van der Waals surface area contributed by atoms with Crippen LogP contribution in [0.1, 0.15) is 60.0 Å². The first-order valence-electron chi connectivity index (χ1n) is 10.6. The van der Waals surface area contributed by atoms with Crippen LogP contribution in [0.4, 0.5) is 10.1 Å². The van der Waals surface area contributed by atoms with Crippen molar-refractivity contribution < 1.29 is 17.6 Å². The highest BCUT2D eigenvalue weighted by atomic mass is 32.2. The molecule has 2 heterocycles. The van der Waals surface area contributed by atoms with Gasteiger partial charge in [0.05, 0.1) is 10.9 Å². The molecule has 1 aromatic heterocycles. The Morgan fingerprint density at radius 3 is 2.39 bits per heavy atom. The van der Waals surface area contributed by atoms with E-state index >= 15 is 0 Å². The summed E-state index contributed by atoms with van der Waals surface area (Å²) >= 11 is 1.07. The number of hydrogen-bond acceptors (Lipinski definition) is 6. The van der Waals surface area contributed by atoms with Gasteiger partial charge in [-0.3, -0.25) is 4.79 Å². The standard InChI is InChI=1S/C23H25FN4O3S2/c1-23(2,3)15-6-12-18(13-7-15)33(30,31)28-14-4-5-19(28)21-26-27-22(32-21)20(29)25-17-10-8-16(24)9-11-17/h6-13,19H,4-5,14H2,1-3H3,(H,25,29). The molecule has 0 saturated carbocycles. The van der Waals surface area contributed by atoms with Gasteiger partial charge in [0, 0.05) is 12.2 Å². The van der Waals surface area contributed by atoms with E-state index in [0.717, 1.165) is 16.9 Å². The van der Waals surface area contributed by atoms with Gasteiger partial charge in [0.2, 0.25) is 15.0 Å². The molecule has 1 atom stereocenters. The minimum absolute atomic E-state index is 0.0735. The smallest absolute Gasteiger partial charge is 0.286 e. The number of rotatable bonds is 5. The molecule has 1 amide bonds. The van der Waals surface area contributed by atoms with E-state index in [0.29, 0.717) is 30.1 Å². The molecule has 1 saturated heterocycles. The summed E-state index contributed by atoms with van der Waals surface area (Å²) in [4.78, 5) is 12.7. The van der Waals surface area contributed by atoms with Gasteiger partial charge < -0.3 is 5.32 Å². The molecule has 1 aliphatic rings. The molecule has 0 radical (unpaired) electrons. The Hall–Kier alpha value is -2.69. The van der Waals surface area contributed by atoms with Gasteiger partial charge in [0.1, 0.15) is 10.8 Å². The summed E-state index contributed by atoms with van der Waals surface area (Å²) in [7, 11) is -3.73. The van der Waals surface area contributed by atoms with Crippen LogP contribution in [0.15, 0.2) is 53.4 Å². The van der Waals surface area contributed by atoms with Crippen molar-refractivity contribution in [2.75, 3.05) is 11.9 Å². The lowest BCUT2D eigenvalue weighted by atomic mass is 9.87. The van der Waals surface area contributed by atoms with Gasteiger partial charge in [-0.1, -0.05) is 44.2 Å². The molecule has 1 fully saturated rings. The van der Waals surface area contributed by atoms with Gasteiger partial charge in [0.25, 0.3) is 5.91 Å². The second kappa shape index (κ2) is 8.92. The van der Waals surface area contributed by atoms with Crippen molar-refractivity contribution in [3.8, 4) is 0 Å². The molecule has 1 aliphatic heterocycles. The summed E-state index contributed by atoms with van der Waals surface area (Å²) in [6.45, 7) is 6.61. The molecular weight excluding hydrogens is 463 g/mol. The first-order valence-corrected chi connectivity index (χ1v) is 12.8. The Labute approximate surface area is 196 Å². The molecule has 0 spiro atoms. The predicted molar refractivity (Wildman–Crippen MR) is 125 cm³/mol. The largest absolute Gasteiger partial charge is 0.320 e. The average Bonchev–Trinajstić information content (AvgIpc) is 3.45. The number of amides is 1. The monoisotopic (exact) mass is 488 g/mol. The lowest BCUT2D eigenvalue weighted by Crippen LogP contribution is -2.30. The number of nitrogens with zero attached hydrogens (tertiary/aromatic N) is 3. The molecule has 4 rings (SSSR count). The van der Waals surface area contributed by atoms with Crippen molar-refractivity contribution in [3.05, 3.63) is 69.9 Å². The van der Waals surface area contributed by atoms with Crippen molar-refractivity contribution in [1.82, 2.24) is 14.5 Å². The third-order valence-corrected chi connectivity index (χ3v) is 8.50. The highest BCUT2D eigenvalue weighted by molar-refractivity contribution is 7.89. The third-order valence-electron chi connectivity index (χ3n) is 5.55. The van der Waals surface area contributed by atoms with Crippen LogP contribution < -0.4 is 5.32 Å². The van der Waals surface area contributed by atoms with Crippen LogP contribution in [-0.4, -0.2) is 35.4 Å². The van der Waals surface area contributed by atoms with Gasteiger partial charge in [0.15, 0.2) is 0 Å². The first-order chi connectivity index (χ1) is 15.6. The van der Waals surface area contributed by atoms with Crippen LogP contribution in [0.2, 0.25) is 0 Å². The van der Waals surface area contributed by atoms with Gasteiger partial charge in [-0.2, -0.15) is 4.31 Å². The fourth-order valence-corrected chi connectivity index (χ4v) is 6.33. The van der Waals surface area contributed by atoms with E-state index in [2.05, 4.69) is 36.3 Å². The Kier molecular flexibility index (Phi) is 6.35. The van der Waals surface area contributed by atoms with E-state index in [1.807, 2.05) is 12.1 Å². The van der Waals surface area contributed by atoms with Crippen molar-refractivity contribution >= 4 is 33.0 Å². The van der Waals surface area contributed by atoms with E-state index < -0.39 is 27.8 Å². The zero-order chi connectivity index (χ0) is 23.8. The first kappa shape index (κ1) is 23.5. The maximum Gasteiger partial charge on any atom is 0.286 e. The SMILES string of the molecule is CC(C)(C)c1ccc(S(=O)(=O)N2CCCC2c2nnc(C(=O)Nc3ccc(F)cc3)s2)cc1. The topological polar surface area (TPSA) is 92.3 Å². The van der Waals surface area contributed by atoms with Gasteiger partial charge in [-0.15, -0.1) is 10.2 Å². The van der Waals surface area contributed by atoms with E-state index in [-0.39, 0.29) is 15.3 Å². The third kappa shape index (κ3) is 4.97. The highest BCUT2D eigenvalue weighted by Crippen LogP contribution is 2.38. The maximum absolute atomic E-state index is 13.4. The number of hydrogen-bond donors (Lipinski definition) is 1. The number of sulfonamides is 1. The summed E-state index contributed by atoms with van der Waals surface area (Å²) in [5, 5.41) is 11.3. The fraction of sp³-hybridized carbons (Fsp3) is 0.348. The van der Waals surface area contributed by atoms with E-state index in [1.165, 1.54) is 28.6 Å². The van der Waals surface area contributed by atoms with Gasteiger partial charge in [-0.05, 0) is 60.2 Å². The number of aromatic nitrogens is 2. The molecule has 2 aromatic carbocycles. The molecule has 0 aliphatic carbocycles. The van der Waals surface area contributed by atoms with E-state index in [1.54, 1.807) is 12.1 Å². The second-order valence-electron chi connectivity index (χ2n) is 8.95. The Morgan fingerprint density at radius 1 is 1.09 bits per heavy atom. The summed E-state index contributed by atoms with van der Waals surface area (Å²) in [5.41, 5.74) is 1.41. The predicted octanol–water partition coefficient (Wildman–Crippen LogP) is 4.75. The van der Waals surface area contributed by atoms with E-state index in [4.69, 9.17) is 0 Å². The Morgan fingerprint density at radius 2 is 1.76 bits per heavy atom. The maximum atomic E-state index is 13.4. The minimum atomic E-state index is -3.73. The minimum Gasteiger partial charge on any atom is -0.320 e. The summed E-state index contributed by atoms with van der Waals surface area (Å²) in [5.74, 6) is -0.877. The van der Waals surface area contributed by atoms with Crippen LogP contribution in [0.25, 0.3) is 0 Å². The molecule has 0 bridgehead atoms. The zero-order valence-corrected chi connectivity index (χ0v) is 20.2. The highest BCUT2D eigenvalue weighted by Gasteiger charge is 2.38. The molecule has 33 heavy (non-hydrogen) atoms. The number of nitrogens with one attached hydrogen (secondary N) is 1. The van der Waals surface area contributed by atoms with Gasteiger partial charge in [-0.25, -0.2) is 12.8 Å². The van der Waals surface area contributed by atoms with Crippen LogP contribution in [0.5, 0.6) is 0 Å². The lowest BCUT2D eigenvalue weighted by molar-refractivity contribution is 0.102. The van der Waals surface area contributed by atoms with Crippen LogP contribution in [0, 0.1) is 5.82 Å². The average molecular weight is 489 g/mol. The van der Waals surface area contributed by atoms with Crippen molar-refractivity contribution in [1.29, 1.82) is 0 Å². The lowest BCUT2D eigenvalue weighted by Gasteiger charge is -2.23. The van der Waals surface area contributed by atoms with Crippen LogP contribution in [-0.2, 0) is 15.4 Å². The number of halogens is 1. The zero-order valence-electron chi connectivity index (χ0n) is 18.6. The molecule has 1 N–H and O–H groups in total. The summed E-state index contributed by atoms with van der Waals surface area (Å²) < 4.78 is 41.2. The molecule has 174 valence electrons. The molecule has 7 nitrogen and oxygen atoms in total. The fourth-order valence-electron chi connectivity index (χ4n) is 3.72. The summed E-state index contributed by atoms with van der Waals surface area (Å²) in [6.07, 6.45) is 1.30. The van der Waals surface area contributed by atoms with Gasteiger partial charge >= 0.3 is 0 Å². The number of carbonyl (C=O) groups excluding carboxylic acids is 1. The Bertz CT molecular complexity index is 1250.